The topological polar surface area (TPSA) is 0 Å². The van der Waals surface area contributed by atoms with Crippen molar-refractivity contribution < 1.29 is 0 Å². The Morgan fingerprint density at radius 3 is 2.11 bits per heavy atom. The lowest BCUT2D eigenvalue weighted by molar-refractivity contribution is 0.0895. The Morgan fingerprint density at radius 1 is 1.22 bits per heavy atom. The summed E-state index contributed by atoms with van der Waals surface area (Å²) in [5.41, 5.74) is 1.33. The predicted molar refractivity (Wildman–Crippen MR) is 83.5 cm³/mol. The van der Waals surface area contributed by atoms with E-state index in [0.717, 1.165) is 17.8 Å². The number of thiophene rings is 1. The first-order valence-electron chi connectivity index (χ1n) is 7.06. The third kappa shape index (κ3) is 2.41. The van der Waals surface area contributed by atoms with Crippen molar-refractivity contribution in [1.29, 1.82) is 0 Å². The van der Waals surface area contributed by atoms with Crippen LogP contribution in [0.4, 0.5) is 0 Å². The van der Waals surface area contributed by atoms with E-state index in [1.54, 1.807) is 0 Å². The van der Waals surface area contributed by atoms with Crippen molar-refractivity contribution in [2.24, 2.45) is 17.8 Å². The highest BCUT2D eigenvalue weighted by Crippen LogP contribution is 2.53. The van der Waals surface area contributed by atoms with Gasteiger partial charge in [-0.25, -0.2) is 0 Å². The van der Waals surface area contributed by atoms with Gasteiger partial charge < -0.3 is 0 Å². The van der Waals surface area contributed by atoms with Gasteiger partial charge in [-0.1, -0.05) is 38.5 Å². The minimum atomic E-state index is 0.246. The van der Waals surface area contributed by atoms with E-state index in [1.165, 1.54) is 52.8 Å². The first kappa shape index (κ1) is 13.5. The molecule has 2 fully saturated rings. The molecule has 2 saturated carbocycles. The van der Waals surface area contributed by atoms with Crippen LogP contribution in [0.1, 0.15) is 54.3 Å². The van der Waals surface area contributed by atoms with E-state index in [1.807, 2.05) is 11.3 Å². The highest BCUT2D eigenvalue weighted by atomic mass is 79.9. The molecule has 0 bridgehead atoms. The average Bonchev–Trinajstić information content (AvgIpc) is 2.52. The molecule has 0 amide bonds. The molecule has 0 aromatic carbocycles. The van der Waals surface area contributed by atoms with Crippen LogP contribution in [-0.2, 0) is 0 Å². The average molecular weight is 348 g/mol. The lowest BCUT2D eigenvalue weighted by Crippen LogP contribution is -2.34. The van der Waals surface area contributed by atoms with Gasteiger partial charge in [0, 0.05) is 4.88 Å². The fourth-order valence-electron chi connectivity index (χ4n) is 3.32. The second kappa shape index (κ2) is 5.46. The molecule has 1 aromatic rings. The van der Waals surface area contributed by atoms with E-state index in [4.69, 9.17) is 11.6 Å². The zero-order valence-corrected chi connectivity index (χ0v) is 14.0. The van der Waals surface area contributed by atoms with Crippen LogP contribution in [0.2, 0.25) is 0 Å². The van der Waals surface area contributed by atoms with Crippen molar-refractivity contribution >= 4 is 38.9 Å². The van der Waals surface area contributed by atoms with Crippen molar-refractivity contribution in [2.75, 3.05) is 0 Å². The van der Waals surface area contributed by atoms with Gasteiger partial charge in [-0.15, -0.1) is 22.9 Å². The molecule has 18 heavy (non-hydrogen) atoms. The second-order valence-electron chi connectivity index (χ2n) is 5.97. The van der Waals surface area contributed by atoms with Gasteiger partial charge in [-0.2, -0.15) is 0 Å². The quantitative estimate of drug-likeness (QED) is 0.559. The summed E-state index contributed by atoms with van der Waals surface area (Å²) in [7, 11) is 0. The Balaban J connectivity index is 1.80. The number of halogens is 2. The molecule has 1 heterocycles. The van der Waals surface area contributed by atoms with Gasteiger partial charge >= 0.3 is 0 Å². The molecule has 100 valence electrons. The number of rotatable bonds is 4. The van der Waals surface area contributed by atoms with Crippen LogP contribution in [0, 0.1) is 24.7 Å². The van der Waals surface area contributed by atoms with E-state index in [0.29, 0.717) is 0 Å². The SMILES string of the molecule is Cc1cc(C(Cl)C(C2CCC2)C2CCC2)sc1Br. The summed E-state index contributed by atoms with van der Waals surface area (Å²) < 4.78 is 1.25. The lowest BCUT2D eigenvalue weighted by atomic mass is 9.63. The van der Waals surface area contributed by atoms with E-state index < -0.39 is 0 Å². The summed E-state index contributed by atoms with van der Waals surface area (Å²) in [6.07, 6.45) is 8.49. The van der Waals surface area contributed by atoms with E-state index in [-0.39, 0.29) is 5.38 Å². The maximum Gasteiger partial charge on any atom is 0.0731 e. The van der Waals surface area contributed by atoms with E-state index in [9.17, 15) is 0 Å². The summed E-state index contributed by atoms with van der Waals surface area (Å²) in [4.78, 5) is 1.38. The number of hydrogen-bond donors (Lipinski definition) is 0. The monoisotopic (exact) mass is 346 g/mol. The van der Waals surface area contributed by atoms with Crippen LogP contribution in [0.3, 0.4) is 0 Å². The largest absolute Gasteiger partial charge is 0.131 e. The Labute approximate surface area is 127 Å². The van der Waals surface area contributed by atoms with Gasteiger partial charge in [0.25, 0.3) is 0 Å². The van der Waals surface area contributed by atoms with Crippen LogP contribution < -0.4 is 0 Å². The van der Waals surface area contributed by atoms with Gasteiger partial charge in [-0.05, 0) is 52.2 Å². The number of alkyl halides is 1. The molecule has 1 unspecified atom stereocenters. The zero-order chi connectivity index (χ0) is 12.7. The van der Waals surface area contributed by atoms with E-state index in [2.05, 4.69) is 28.9 Å². The van der Waals surface area contributed by atoms with Gasteiger partial charge in [0.1, 0.15) is 0 Å². The maximum atomic E-state index is 6.86. The lowest BCUT2D eigenvalue weighted by Gasteiger charge is -2.44. The molecular formula is C15H20BrClS. The Kier molecular flexibility index (Phi) is 4.08. The zero-order valence-electron chi connectivity index (χ0n) is 10.8. The van der Waals surface area contributed by atoms with E-state index >= 15 is 0 Å². The van der Waals surface area contributed by atoms with Gasteiger partial charge in [-0.3, -0.25) is 0 Å². The predicted octanol–water partition coefficient (Wildman–Crippen LogP) is 6.32. The van der Waals surface area contributed by atoms with Crippen molar-refractivity contribution in [3.05, 3.63) is 20.3 Å². The van der Waals surface area contributed by atoms with Crippen LogP contribution >= 0.6 is 38.9 Å². The Hall–Kier alpha value is 0.470. The molecule has 0 N–H and O–H groups in total. The molecule has 0 saturated heterocycles. The fourth-order valence-corrected chi connectivity index (χ4v) is 5.54. The normalized spacial score (nSPS) is 22.9. The Bertz CT molecular complexity index is 387. The molecule has 0 radical (unpaired) electrons. The minimum Gasteiger partial charge on any atom is -0.131 e. The highest BCUT2D eigenvalue weighted by Gasteiger charge is 2.41. The summed E-state index contributed by atoms with van der Waals surface area (Å²) in [5, 5.41) is 0.246. The molecule has 3 heteroatoms. The second-order valence-corrected chi connectivity index (χ2v) is 8.84. The molecule has 2 aliphatic rings. The van der Waals surface area contributed by atoms with Crippen molar-refractivity contribution in [3.8, 4) is 0 Å². The van der Waals surface area contributed by atoms with Crippen LogP contribution in [0.15, 0.2) is 9.85 Å². The number of aryl methyl sites for hydroxylation is 1. The molecule has 3 rings (SSSR count). The molecule has 0 spiro atoms. The maximum absolute atomic E-state index is 6.86. The minimum absolute atomic E-state index is 0.246. The number of hydrogen-bond acceptors (Lipinski definition) is 1. The molecule has 1 aromatic heterocycles. The van der Waals surface area contributed by atoms with Crippen molar-refractivity contribution in [2.45, 2.75) is 50.8 Å². The first-order valence-corrected chi connectivity index (χ1v) is 9.11. The smallest absolute Gasteiger partial charge is 0.0731 e. The molecule has 2 aliphatic carbocycles. The summed E-state index contributed by atoms with van der Waals surface area (Å²) in [6.45, 7) is 2.16. The molecule has 0 aliphatic heterocycles. The van der Waals surface area contributed by atoms with Gasteiger partial charge in [0.2, 0.25) is 0 Å². The standard InChI is InChI=1S/C15H20BrClS/c1-9-8-12(18-15(9)16)14(17)13(10-4-2-5-10)11-6-3-7-11/h8,10-11,13-14H,2-7H2,1H3. The fraction of sp³-hybridized carbons (Fsp3) is 0.733. The highest BCUT2D eigenvalue weighted by molar-refractivity contribution is 9.11. The molecule has 0 nitrogen and oxygen atoms in total. The van der Waals surface area contributed by atoms with Crippen LogP contribution in [0.5, 0.6) is 0 Å². The third-order valence-electron chi connectivity index (χ3n) is 4.87. The summed E-state index contributed by atoms with van der Waals surface area (Å²) in [5.74, 6) is 2.54. The van der Waals surface area contributed by atoms with Crippen molar-refractivity contribution in [3.63, 3.8) is 0 Å². The first-order chi connectivity index (χ1) is 8.66. The van der Waals surface area contributed by atoms with Crippen LogP contribution in [-0.4, -0.2) is 0 Å². The summed E-state index contributed by atoms with van der Waals surface area (Å²) in [6, 6.07) is 2.29. The van der Waals surface area contributed by atoms with Crippen LogP contribution in [0.25, 0.3) is 0 Å². The van der Waals surface area contributed by atoms with Gasteiger partial charge in [0.05, 0.1) is 9.16 Å². The molecule has 1 atom stereocenters. The molecular weight excluding hydrogens is 328 g/mol. The Morgan fingerprint density at radius 2 is 1.78 bits per heavy atom. The summed E-state index contributed by atoms with van der Waals surface area (Å²) >= 11 is 12.3. The van der Waals surface area contributed by atoms with Crippen molar-refractivity contribution in [1.82, 2.24) is 0 Å². The van der Waals surface area contributed by atoms with Gasteiger partial charge in [0.15, 0.2) is 0 Å². The third-order valence-corrected chi connectivity index (χ3v) is 7.75.